The number of nitrogens with two attached hydrogens (primary N) is 1. The van der Waals surface area contributed by atoms with Gasteiger partial charge in [0.1, 0.15) is 5.82 Å². The third kappa shape index (κ3) is 2.04. The number of halogens is 2. The van der Waals surface area contributed by atoms with Crippen LogP contribution in [-0.2, 0) is 0 Å². The molecule has 6 heteroatoms. The fraction of sp³-hybridized carbons (Fsp3) is 0.300. The first kappa shape index (κ1) is 12.6. The van der Waals surface area contributed by atoms with Gasteiger partial charge in [0, 0.05) is 20.1 Å². The molecular weight excluding hydrogens is 233 g/mol. The van der Waals surface area contributed by atoms with E-state index in [9.17, 15) is 9.18 Å². The molecule has 2 N–H and O–H groups in total. The van der Waals surface area contributed by atoms with Gasteiger partial charge in [-0.25, -0.2) is 9.18 Å². The number of urea groups is 1. The van der Waals surface area contributed by atoms with Crippen LogP contribution in [0.4, 0.5) is 20.6 Å². The first-order valence-electron chi connectivity index (χ1n) is 4.67. The van der Waals surface area contributed by atoms with Crippen LogP contribution in [0, 0.1) is 5.82 Å². The summed E-state index contributed by atoms with van der Waals surface area (Å²) in [7, 11) is 1.71. The van der Waals surface area contributed by atoms with Gasteiger partial charge >= 0.3 is 6.03 Å². The van der Waals surface area contributed by atoms with E-state index in [0.717, 1.165) is 0 Å². The number of likely N-dealkylation sites (N-methyl/N-ethyl adjacent to an activating group) is 1. The van der Waals surface area contributed by atoms with Crippen LogP contribution in [-0.4, -0.2) is 31.1 Å². The molecule has 0 spiro atoms. The highest BCUT2D eigenvalue weighted by atomic mass is 35.5. The maximum atomic E-state index is 13.0. The predicted octanol–water partition coefficient (Wildman–Crippen LogP) is 1.70. The van der Waals surface area contributed by atoms with E-state index in [1.54, 1.807) is 11.9 Å². The number of benzene rings is 1. The number of carbonyl (C=O) groups excluding carboxylic acids is 1. The van der Waals surface area contributed by atoms with Crippen LogP contribution >= 0.6 is 12.4 Å². The Balaban J connectivity index is 0.00000128. The summed E-state index contributed by atoms with van der Waals surface area (Å²) in [6.07, 6.45) is 0. The molecule has 0 aliphatic carbocycles. The van der Waals surface area contributed by atoms with E-state index in [1.807, 2.05) is 0 Å². The van der Waals surface area contributed by atoms with E-state index in [0.29, 0.717) is 24.5 Å². The molecule has 1 heterocycles. The van der Waals surface area contributed by atoms with Crippen LogP contribution in [0.3, 0.4) is 0 Å². The summed E-state index contributed by atoms with van der Waals surface area (Å²) < 4.78 is 13.0. The van der Waals surface area contributed by atoms with Crippen LogP contribution in [0.25, 0.3) is 0 Å². The molecule has 0 aromatic heterocycles. The zero-order chi connectivity index (χ0) is 11.0. The van der Waals surface area contributed by atoms with Crippen LogP contribution < -0.4 is 10.6 Å². The summed E-state index contributed by atoms with van der Waals surface area (Å²) >= 11 is 0. The highest BCUT2D eigenvalue weighted by molar-refractivity contribution is 5.96. The minimum atomic E-state index is -0.387. The molecule has 4 nitrogen and oxygen atoms in total. The lowest BCUT2D eigenvalue weighted by Crippen LogP contribution is -2.29. The molecule has 0 atom stereocenters. The molecule has 0 bridgehead atoms. The fourth-order valence-electron chi connectivity index (χ4n) is 1.62. The Bertz CT molecular complexity index is 413. The van der Waals surface area contributed by atoms with Crippen LogP contribution in [0.1, 0.15) is 0 Å². The number of hydrogen-bond acceptors (Lipinski definition) is 2. The normalized spacial score (nSPS) is 15.2. The van der Waals surface area contributed by atoms with Gasteiger partial charge in [0.15, 0.2) is 0 Å². The van der Waals surface area contributed by atoms with Crippen molar-refractivity contribution in [1.29, 1.82) is 0 Å². The Morgan fingerprint density at radius 1 is 1.38 bits per heavy atom. The van der Waals surface area contributed by atoms with Crippen molar-refractivity contribution < 1.29 is 9.18 Å². The largest absolute Gasteiger partial charge is 0.397 e. The Labute approximate surface area is 99.2 Å². The number of nitrogen functional groups attached to an aromatic ring is 1. The van der Waals surface area contributed by atoms with E-state index >= 15 is 0 Å². The van der Waals surface area contributed by atoms with Crippen molar-refractivity contribution in [3.8, 4) is 0 Å². The quantitative estimate of drug-likeness (QED) is 0.766. The van der Waals surface area contributed by atoms with Gasteiger partial charge in [-0.05, 0) is 18.2 Å². The first-order valence-corrected chi connectivity index (χ1v) is 4.67. The lowest BCUT2D eigenvalue weighted by Gasteiger charge is -2.17. The maximum Gasteiger partial charge on any atom is 0.324 e. The SMILES string of the molecule is CN1CCN(c2cc(F)ccc2N)C1=O.Cl. The van der Waals surface area contributed by atoms with Gasteiger partial charge < -0.3 is 10.6 Å². The highest BCUT2D eigenvalue weighted by Gasteiger charge is 2.27. The Kier molecular flexibility index (Phi) is 3.59. The van der Waals surface area contributed by atoms with Gasteiger partial charge in [0.2, 0.25) is 0 Å². The van der Waals surface area contributed by atoms with E-state index in [4.69, 9.17) is 5.73 Å². The minimum absolute atomic E-state index is 0. The number of anilines is 2. The summed E-state index contributed by atoms with van der Waals surface area (Å²) in [5.74, 6) is -0.387. The Morgan fingerprint density at radius 2 is 2.06 bits per heavy atom. The van der Waals surface area contributed by atoms with Crippen molar-refractivity contribution in [2.75, 3.05) is 30.8 Å². The third-order valence-electron chi connectivity index (χ3n) is 2.50. The number of hydrogen-bond donors (Lipinski definition) is 1. The Morgan fingerprint density at radius 3 is 2.62 bits per heavy atom. The highest BCUT2D eigenvalue weighted by Crippen LogP contribution is 2.26. The summed E-state index contributed by atoms with van der Waals surface area (Å²) in [6.45, 7) is 1.18. The van der Waals surface area contributed by atoms with Crippen molar-refractivity contribution in [1.82, 2.24) is 4.90 Å². The van der Waals surface area contributed by atoms with Crippen molar-refractivity contribution in [3.05, 3.63) is 24.0 Å². The summed E-state index contributed by atoms with van der Waals surface area (Å²) in [5.41, 5.74) is 6.56. The molecule has 1 aliphatic heterocycles. The predicted molar refractivity (Wildman–Crippen MR) is 63.4 cm³/mol. The molecule has 1 fully saturated rings. The molecule has 1 aromatic rings. The zero-order valence-corrected chi connectivity index (χ0v) is 9.63. The molecule has 0 radical (unpaired) electrons. The van der Waals surface area contributed by atoms with Gasteiger partial charge in [0.05, 0.1) is 11.4 Å². The van der Waals surface area contributed by atoms with Crippen molar-refractivity contribution in [3.63, 3.8) is 0 Å². The molecule has 0 unspecified atom stereocenters. The molecule has 1 aliphatic rings. The topological polar surface area (TPSA) is 49.6 Å². The van der Waals surface area contributed by atoms with Gasteiger partial charge in [-0.15, -0.1) is 12.4 Å². The van der Waals surface area contributed by atoms with Crippen LogP contribution in [0.15, 0.2) is 18.2 Å². The average Bonchev–Trinajstić information content (AvgIpc) is 2.52. The summed E-state index contributed by atoms with van der Waals surface area (Å²) in [5, 5.41) is 0. The van der Waals surface area contributed by atoms with Gasteiger partial charge in [0.25, 0.3) is 0 Å². The lowest BCUT2D eigenvalue weighted by atomic mass is 10.2. The number of rotatable bonds is 1. The van der Waals surface area contributed by atoms with Crippen LogP contribution in [0.2, 0.25) is 0 Å². The monoisotopic (exact) mass is 245 g/mol. The standard InChI is InChI=1S/C10H12FN3O.ClH/c1-13-4-5-14(10(13)15)9-6-7(11)2-3-8(9)12;/h2-3,6H,4-5,12H2,1H3;1H. The van der Waals surface area contributed by atoms with Crippen molar-refractivity contribution in [2.45, 2.75) is 0 Å². The molecule has 2 amide bonds. The smallest absolute Gasteiger partial charge is 0.324 e. The average molecular weight is 246 g/mol. The van der Waals surface area contributed by atoms with E-state index in [1.165, 1.54) is 23.1 Å². The second-order valence-corrected chi connectivity index (χ2v) is 3.56. The second-order valence-electron chi connectivity index (χ2n) is 3.56. The molecule has 1 aromatic carbocycles. The maximum absolute atomic E-state index is 13.0. The van der Waals surface area contributed by atoms with Gasteiger partial charge in [-0.3, -0.25) is 4.90 Å². The molecule has 0 saturated carbocycles. The molecule has 1 saturated heterocycles. The van der Waals surface area contributed by atoms with E-state index in [2.05, 4.69) is 0 Å². The number of amides is 2. The lowest BCUT2D eigenvalue weighted by molar-refractivity contribution is 0.229. The Hall–Kier alpha value is -1.49. The zero-order valence-electron chi connectivity index (χ0n) is 8.81. The summed E-state index contributed by atoms with van der Waals surface area (Å²) in [6, 6.07) is 3.89. The number of nitrogens with zero attached hydrogens (tertiary/aromatic N) is 2. The van der Waals surface area contributed by atoms with Crippen molar-refractivity contribution >= 4 is 29.8 Å². The molecule has 16 heavy (non-hydrogen) atoms. The molecule has 2 rings (SSSR count). The van der Waals surface area contributed by atoms with Gasteiger partial charge in [-0.2, -0.15) is 0 Å². The molecular formula is C10H13ClFN3O. The van der Waals surface area contributed by atoms with Crippen molar-refractivity contribution in [2.24, 2.45) is 0 Å². The summed E-state index contributed by atoms with van der Waals surface area (Å²) in [4.78, 5) is 14.7. The van der Waals surface area contributed by atoms with E-state index < -0.39 is 0 Å². The number of carbonyl (C=O) groups is 1. The van der Waals surface area contributed by atoms with E-state index in [-0.39, 0.29) is 24.3 Å². The first-order chi connectivity index (χ1) is 7.09. The third-order valence-corrected chi connectivity index (χ3v) is 2.50. The fourth-order valence-corrected chi connectivity index (χ4v) is 1.62. The van der Waals surface area contributed by atoms with Crippen LogP contribution in [0.5, 0.6) is 0 Å². The second kappa shape index (κ2) is 4.57. The van der Waals surface area contributed by atoms with Gasteiger partial charge in [-0.1, -0.05) is 0 Å². The molecule has 88 valence electrons. The minimum Gasteiger partial charge on any atom is -0.397 e.